The van der Waals surface area contributed by atoms with E-state index in [0.29, 0.717) is 47.3 Å². The first kappa shape index (κ1) is 18.9. The largest absolute Gasteiger partial charge is 0.492 e. The minimum atomic E-state index is -0.328. The molecule has 27 heavy (non-hydrogen) atoms. The minimum absolute atomic E-state index is 0.0435. The number of nitrogens with zero attached hydrogens (tertiary/aromatic N) is 1. The molecule has 0 saturated heterocycles. The maximum Gasteiger partial charge on any atom is 0.204 e. The Hall–Kier alpha value is -2.86. The van der Waals surface area contributed by atoms with Gasteiger partial charge >= 0.3 is 0 Å². The van der Waals surface area contributed by atoms with Crippen LogP contribution in [-0.4, -0.2) is 40.2 Å². The van der Waals surface area contributed by atoms with Crippen LogP contribution in [0.4, 0.5) is 11.4 Å². The lowest BCUT2D eigenvalue weighted by Crippen LogP contribution is -2.16. The van der Waals surface area contributed by atoms with Crippen LogP contribution in [0.3, 0.4) is 0 Å². The lowest BCUT2D eigenvalue weighted by molar-refractivity contribution is 0.104. The molecule has 0 bridgehead atoms. The summed E-state index contributed by atoms with van der Waals surface area (Å²) in [5.41, 5.74) is 8.40. The Kier molecular flexibility index (Phi) is 5.46. The Bertz CT molecular complexity index is 909. The molecule has 0 aromatic heterocycles. The van der Waals surface area contributed by atoms with E-state index in [1.54, 1.807) is 36.4 Å². The van der Waals surface area contributed by atoms with Crippen molar-refractivity contribution >= 4 is 34.8 Å². The topological polar surface area (TPSA) is 74.0 Å². The lowest BCUT2D eigenvalue weighted by atomic mass is 10.1. The average Bonchev–Trinajstić information content (AvgIpc) is 2.66. The second-order valence-electron chi connectivity index (χ2n) is 6.20. The van der Waals surface area contributed by atoms with Crippen molar-refractivity contribution in [1.82, 2.24) is 0 Å². The smallest absolute Gasteiger partial charge is 0.204 e. The SMILES string of the molecule is COc1c(C=C(Cl)C(=O)c2ccc(N(C)C)c(N)c2)ccc2c1OCCO2. The number of nitrogen functional groups attached to an aromatic ring is 1. The van der Waals surface area contributed by atoms with Gasteiger partial charge in [-0.2, -0.15) is 0 Å². The predicted molar refractivity (Wildman–Crippen MR) is 107 cm³/mol. The van der Waals surface area contributed by atoms with Gasteiger partial charge in [0.25, 0.3) is 0 Å². The van der Waals surface area contributed by atoms with Gasteiger partial charge in [0.05, 0.1) is 23.5 Å². The average molecular weight is 389 g/mol. The molecule has 0 radical (unpaired) electrons. The Balaban J connectivity index is 1.93. The molecule has 2 aromatic carbocycles. The third kappa shape index (κ3) is 3.80. The summed E-state index contributed by atoms with van der Waals surface area (Å²) in [6.45, 7) is 0.912. The van der Waals surface area contributed by atoms with Crippen LogP contribution in [0, 0.1) is 0 Å². The highest BCUT2D eigenvalue weighted by atomic mass is 35.5. The molecule has 1 aliphatic heterocycles. The van der Waals surface area contributed by atoms with Crippen LogP contribution in [-0.2, 0) is 0 Å². The molecule has 2 aromatic rings. The zero-order chi connectivity index (χ0) is 19.6. The minimum Gasteiger partial charge on any atom is -0.492 e. The van der Waals surface area contributed by atoms with Crippen molar-refractivity contribution in [3.8, 4) is 17.2 Å². The van der Waals surface area contributed by atoms with Crippen LogP contribution in [0.5, 0.6) is 17.2 Å². The number of anilines is 2. The first-order valence-corrected chi connectivity index (χ1v) is 8.75. The molecule has 1 aliphatic rings. The number of carbonyl (C=O) groups excluding carboxylic acids is 1. The molecule has 0 unspecified atom stereocenters. The van der Waals surface area contributed by atoms with Gasteiger partial charge in [0, 0.05) is 25.2 Å². The van der Waals surface area contributed by atoms with E-state index < -0.39 is 0 Å². The van der Waals surface area contributed by atoms with E-state index in [4.69, 9.17) is 31.5 Å². The highest BCUT2D eigenvalue weighted by molar-refractivity contribution is 6.47. The Morgan fingerprint density at radius 3 is 2.63 bits per heavy atom. The van der Waals surface area contributed by atoms with Gasteiger partial charge in [-0.05, 0) is 36.4 Å². The second kappa shape index (κ2) is 7.80. The molecule has 0 fully saturated rings. The Morgan fingerprint density at radius 1 is 1.22 bits per heavy atom. The molecule has 0 atom stereocenters. The number of hydrogen-bond donors (Lipinski definition) is 1. The molecule has 7 heteroatoms. The molecule has 3 rings (SSSR count). The van der Waals surface area contributed by atoms with Crippen LogP contribution >= 0.6 is 11.6 Å². The van der Waals surface area contributed by atoms with Gasteiger partial charge in [-0.15, -0.1) is 0 Å². The standard InChI is InChI=1S/C20H21ClN2O4/c1-23(2)16-6-4-12(11-15(16)22)18(24)14(21)10-13-5-7-17-20(19(13)25-3)27-9-8-26-17/h4-7,10-11H,8-9,22H2,1-3H3. The summed E-state index contributed by atoms with van der Waals surface area (Å²) in [4.78, 5) is 14.6. The first-order valence-electron chi connectivity index (χ1n) is 8.37. The number of fused-ring (bicyclic) bond motifs is 1. The summed E-state index contributed by atoms with van der Waals surface area (Å²) in [6.07, 6.45) is 1.55. The van der Waals surface area contributed by atoms with E-state index in [1.807, 2.05) is 19.0 Å². The number of Topliss-reactive ketones (excluding diaryl/α,β-unsaturated/α-hetero) is 1. The zero-order valence-corrected chi connectivity index (χ0v) is 16.2. The fraction of sp³-hybridized carbons (Fsp3) is 0.250. The molecular weight excluding hydrogens is 368 g/mol. The number of hydrogen-bond acceptors (Lipinski definition) is 6. The summed E-state index contributed by atoms with van der Waals surface area (Å²) < 4.78 is 16.6. The summed E-state index contributed by atoms with van der Waals surface area (Å²) in [6, 6.07) is 8.64. The molecule has 0 saturated carbocycles. The summed E-state index contributed by atoms with van der Waals surface area (Å²) in [5, 5.41) is 0.0435. The highest BCUT2D eigenvalue weighted by Gasteiger charge is 2.21. The van der Waals surface area contributed by atoms with Crippen molar-refractivity contribution in [3.63, 3.8) is 0 Å². The van der Waals surface area contributed by atoms with Gasteiger partial charge in [-0.3, -0.25) is 4.79 Å². The molecular formula is C20H21ClN2O4. The zero-order valence-electron chi connectivity index (χ0n) is 15.4. The fourth-order valence-electron chi connectivity index (χ4n) is 2.87. The first-order chi connectivity index (χ1) is 12.9. The lowest BCUT2D eigenvalue weighted by Gasteiger charge is -2.21. The molecule has 1 heterocycles. The number of rotatable bonds is 5. The number of benzene rings is 2. The normalized spacial score (nSPS) is 13.3. The van der Waals surface area contributed by atoms with Gasteiger partial charge < -0.3 is 24.8 Å². The predicted octanol–water partition coefficient (Wildman–Crippen LogP) is 3.58. The number of nitrogens with two attached hydrogens (primary N) is 1. The Labute approximate surface area is 163 Å². The summed E-state index contributed by atoms with van der Waals surface area (Å²) >= 11 is 6.30. The van der Waals surface area contributed by atoms with Crippen LogP contribution in [0.2, 0.25) is 0 Å². The van der Waals surface area contributed by atoms with Crippen LogP contribution in [0.15, 0.2) is 35.4 Å². The maximum atomic E-state index is 12.7. The number of carbonyl (C=O) groups is 1. The number of halogens is 1. The molecule has 0 aliphatic carbocycles. The summed E-state index contributed by atoms with van der Waals surface area (Å²) in [7, 11) is 5.30. The molecule has 2 N–H and O–H groups in total. The van der Waals surface area contributed by atoms with E-state index in [1.165, 1.54) is 7.11 Å². The van der Waals surface area contributed by atoms with Crippen LogP contribution in [0.1, 0.15) is 15.9 Å². The van der Waals surface area contributed by atoms with Crippen molar-refractivity contribution in [3.05, 3.63) is 46.5 Å². The van der Waals surface area contributed by atoms with Gasteiger partial charge in [0.1, 0.15) is 13.2 Å². The van der Waals surface area contributed by atoms with Crippen LogP contribution in [0.25, 0.3) is 6.08 Å². The van der Waals surface area contributed by atoms with Gasteiger partial charge in [-0.1, -0.05) is 11.6 Å². The highest BCUT2D eigenvalue weighted by Crippen LogP contribution is 2.42. The molecule has 6 nitrogen and oxygen atoms in total. The third-order valence-corrected chi connectivity index (χ3v) is 4.45. The fourth-order valence-corrected chi connectivity index (χ4v) is 3.10. The van der Waals surface area contributed by atoms with E-state index in [9.17, 15) is 4.79 Å². The quantitative estimate of drug-likeness (QED) is 0.479. The van der Waals surface area contributed by atoms with Gasteiger partial charge in [0.2, 0.25) is 11.5 Å². The summed E-state index contributed by atoms with van der Waals surface area (Å²) in [5.74, 6) is 1.25. The van der Waals surface area contributed by atoms with Crippen molar-refractivity contribution in [2.75, 3.05) is 45.1 Å². The van der Waals surface area contributed by atoms with Crippen molar-refractivity contribution < 1.29 is 19.0 Å². The van der Waals surface area contributed by atoms with Crippen molar-refractivity contribution in [1.29, 1.82) is 0 Å². The third-order valence-electron chi connectivity index (χ3n) is 4.17. The molecule has 0 amide bonds. The maximum absolute atomic E-state index is 12.7. The number of methoxy groups -OCH3 is 1. The molecule has 142 valence electrons. The van der Waals surface area contributed by atoms with Gasteiger partial charge in [0.15, 0.2) is 11.5 Å². The van der Waals surface area contributed by atoms with E-state index in [-0.39, 0.29) is 10.8 Å². The van der Waals surface area contributed by atoms with Crippen molar-refractivity contribution in [2.45, 2.75) is 0 Å². The monoisotopic (exact) mass is 388 g/mol. The molecule has 0 spiro atoms. The second-order valence-corrected chi connectivity index (χ2v) is 6.61. The number of allylic oxidation sites excluding steroid dienone is 1. The van der Waals surface area contributed by atoms with E-state index >= 15 is 0 Å². The van der Waals surface area contributed by atoms with Crippen LogP contribution < -0.4 is 24.8 Å². The van der Waals surface area contributed by atoms with Crippen molar-refractivity contribution in [2.24, 2.45) is 0 Å². The van der Waals surface area contributed by atoms with Gasteiger partial charge in [-0.25, -0.2) is 0 Å². The number of ether oxygens (including phenoxy) is 3. The van der Waals surface area contributed by atoms with E-state index in [0.717, 1.165) is 5.69 Å². The number of ketones is 1. The Morgan fingerprint density at radius 2 is 1.96 bits per heavy atom. The van der Waals surface area contributed by atoms with E-state index in [2.05, 4.69) is 0 Å².